The highest BCUT2D eigenvalue weighted by atomic mass is 35.5. The molecule has 0 unspecified atom stereocenters. The molecule has 1 aliphatic heterocycles. The minimum absolute atomic E-state index is 0.575. The van der Waals surface area contributed by atoms with E-state index in [1.54, 1.807) is 13.2 Å². The Hall–Kier alpha value is -1.81. The second kappa shape index (κ2) is 4.46. The summed E-state index contributed by atoms with van der Waals surface area (Å²) in [6.07, 6.45) is 2.65. The van der Waals surface area contributed by atoms with Crippen LogP contribution in [-0.2, 0) is 6.42 Å². The molecule has 0 aliphatic carbocycles. The first-order chi connectivity index (χ1) is 8.79. The van der Waals surface area contributed by atoms with E-state index in [4.69, 9.17) is 11.6 Å². The summed E-state index contributed by atoms with van der Waals surface area (Å²) in [5.41, 5.74) is 2.51. The normalized spacial score (nSPS) is 13.6. The largest absolute Gasteiger partial charge is 0.357 e. The molecule has 0 atom stereocenters. The standard InChI is InChI=1S/C13H13ClN4/c1-15-13-16-8-10(14)12(17-13)18-7-6-9-4-2-3-5-11(9)18/h2-5,8H,6-7H2,1H3,(H,15,16,17). The topological polar surface area (TPSA) is 41.1 Å². The van der Waals surface area contributed by atoms with Gasteiger partial charge in [0.2, 0.25) is 5.95 Å². The van der Waals surface area contributed by atoms with E-state index in [9.17, 15) is 0 Å². The lowest BCUT2D eigenvalue weighted by atomic mass is 10.2. The molecule has 18 heavy (non-hydrogen) atoms. The molecule has 2 heterocycles. The maximum atomic E-state index is 6.21. The number of hydrogen-bond donors (Lipinski definition) is 1. The van der Waals surface area contributed by atoms with Crippen molar-refractivity contribution in [2.24, 2.45) is 0 Å². The molecule has 3 rings (SSSR count). The number of rotatable bonds is 2. The molecule has 0 amide bonds. The summed E-state index contributed by atoms with van der Waals surface area (Å²) >= 11 is 6.21. The van der Waals surface area contributed by atoms with Crippen molar-refractivity contribution in [3.05, 3.63) is 41.0 Å². The fourth-order valence-corrected chi connectivity index (χ4v) is 2.42. The van der Waals surface area contributed by atoms with E-state index in [0.29, 0.717) is 11.0 Å². The van der Waals surface area contributed by atoms with E-state index >= 15 is 0 Å². The summed E-state index contributed by atoms with van der Waals surface area (Å²) in [5, 5.41) is 3.51. The van der Waals surface area contributed by atoms with Crippen LogP contribution in [0.2, 0.25) is 5.02 Å². The van der Waals surface area contributed by atoms with E-state index in [-0.39, 0.29) is 0 Å². The van der Waals surface area contributed by atoms with Gasteiger partial charge in [0.25, 0.3) is 0 Å². The Morgan fingerprint density at radius 1 is 1.33 bits per heavy atom. The molecule has 1 N–H and O–H groups in total. The van der Waals surface area contributed by atoms with Gasteiger partial charge in [-0.05, 0) is 18.1 Å². The smallest absolute Gasteiger partial charge is 0.224 e. The molecular weight excluding hydrogens is 248 g/mol. The molecular formula is C13H13ClN4. The highest BCUT2D eigenvalue weighted by Crippen LogP contribution is 2.36. The number of benzene rings is 1. The van der Waals surface area contributed by atoms with Crippen LogP contribution in [0.5, 0.6) is 0 Å². The molecule has 5 heteroatoms. The van der Waals surface area contributed by atoms with Crippen molar-refractivity contribution >= 4 is 29.1 Å². The van der Waals surface area contributed by atoms with Crippen LogP contribution in [-0.4, -0.2) is 23.6 Å². The van der Waals surface area contributed by atoms with Gasteiger partial charge < -0.3 is 10.2 Å². The number of anilines is 3. The van der Waals surface area contributed by atoms with Crippen molar-refractivity contribution in [2.45, 2.75) is 6.42 Å². The molecule has 1 aromatic heterocycles. The summed E-state index contributed by atoms with van der Waals surface area (Å²) in [5.74, 6) is 1.35. The van der Waals surface area contributed by atoms with E-state index < -0.39 is 0 Å². The zero-order valence-corrected chi connectivity index (χ0v) is 10.8. The highest BCUT2D eigenvalue weighted by molar-refractivity contribution is 6.33. The average molecular weight is 261 g/mol. The maximum absolute atomic E-state index is 6.21. The van der Waals surface area contributed by atoms with Crippen LogP contribution in [0.3, 0.4) is 0 Å². The first-order valence-corrected chi connectivity index (χ1v) is 6.23. The van der Waals surface area contributed by atoms with E-state index in [2.05, 4.69) is 38.4 Å². The Labute approximate surface area is 111 Å². The van der Waals surface area contributed by atoms with Crippen LogP contribution in [0.1, 0.15) is 5.56 Å². The zero-order chi connectivity index (χ0) is 12.5. The van der Waals surface area contributed by atoms with Crippen LogP contribution in [0.15, 0.2) is 30.5 Å². The van der Waals surface area contributed by atoms with Gasteiger partial charge in [0.1, 0.15) is 5.02 Å². The summed E-state index contributed by atoms with van der Waals surface area (Å²) < 4.78 is 0. The lowest BCUT2D eigenvalue weighted by Crippen LogP contribution is -2.16. The second-order valence-corrected chi connectivity index (χ2v) is 4.55. The average Bonchev–Trinajstić information content (AvgIpc) is 2.83. The van der Waals surface area contributed by atoms with E-state index in [0.717, 1.165) is 18.8 Å². The van der Waals surface area contributed by atoms with Crippen LogP contribution in [0.4, 0.5) is 17.5 Å². The lowest BCUT2D eigenvalue weighted by Gasteiger charge is -2.19. The molecule has 0 fully saturated rings. The van der Waals surface area contributed by atoms with Gasteiger partial charge in [0.05, 0.1) is 6.20 Å². The van der Waals surface area contributed by atoms with E-state index in [1.165, 1.54) is 11.3 Å². The summed E-state index contributed by atoms with van der Waals surface area (Å²) in [6.45, 7) is 0.902. The van der Waals surface area contributed by atoms with E-state index in [1.807, 2.05) is 6.07 Å². The van der Waals surface area contributed by atoms with Gasteiger partial charge in [-0.2, -0.15) is 4.98 Å². The molecule has 1 aromatic carbocycles. The number of nitrogens with one attached hydrogen (secondary N) is 1. The summed E-state index contributed by atoms with van der Waals surface area (Å²) in [4.78, 5) is 10.7. The minimum atomic E-state index is 0.575. The summed E-state index contributed by atoms with van der Waals surface area (Å²) in [6, 6.07) is 8.33. The van der Waals surface area contributed by atoms with Crippen LogP contribution >= 0.6 is 11.6 Å². The predicted molar refractivity (Wildman–Crippen MR) is 73.7 cm³/mol. The van der Waals surface area contributed by atoms with Crippen molar-refractivity contribution < 1.29 is 0 Å². The van der Waals surface area contributed by atoms with Gasteiger partial charge in [-0.25, -0.2) is 4.98 Å². The fourth-order valence-electron chi connectivity index (χ4n) is 2.23. The van der Waals surface area contributed by atoms with Crippen molar-refractivity contribution in [1.82, 2.24) is 9.97 Å². The first-order valence-electron chi connectivity index (χ1n) is 5.85. The van der Waals surface area contributed by atoms with Gasteiger partial charge >= 0.3 is 0 Å². The third-order valence-corrected chi connectivity index (χ3v) is 3.36. The third-order valence-electron chi connectivity index (χ3n) is 3.09. The number of aromatic nitrogens is 2. The van der Waals surface area contributed by atoms with Crippen molar-refractivity contribution in [3.8, 4) is 0 Å². The molecule has 1 aliphatic rings. The Kier molecular flexibility index (Phi) is 2.80. The number of halogens is 1. The number of nitrogens with zero attached hydrogens (tertiary/aromatic N) is 3. The Morgan fingerprint density at radius 3 is 3.00 bits per heavy atom. The van der Waals surface area contributed by atoms with Gasteiger partial charge in [-0.3, -0.25) is 0 Å². The quantitative estimate of drug-likeness (QED) is 0.902. The molecule has 4 nitrogen and oxygen atoms in total. The fraction of sp³-hybridized carbons (Fsp3) is 0.231. The zero-order valence-electron chi connectivity index (χ0n) is 10.0. The SMILES string of the molecule is CNc1ncc(Cl)c(N2CCc3ccccc32)n1. The molecule has 0 bridgehead atoms. The predicted octanol–water partition coefficient (Wildman–Crippen LogP) is 2.87. The number of hydrogen-bond acceptors (Lipinski definition) is 4. The maximum Gasteiger partial charge on any atom is 0.224 e. The highest BCUT2D eigenvalue weighted by Gasteiger charge is 2.23. The van der Waals surface area contributed by atoms with Crippen molar-refractivity contribution in [1.29, 1.82) is 0 Å². The van der Waals surface area contributed by atoms with Gasteiger partial charge in [-0.1, -0.05) is 29.8 Å². The Bertz CT molecular complexity index is 585. The lowest BCUT2D eigenvalue weighted by molar-refractivity contribution is 0.965. The molecule has 0 spiro atoms. The summed E-state index contributed by atoms with van der Waals surface area (Å²) in [7, 11) is 1.80. The third kappa shape index (κ3) is 1.78. The molecule has 92 valence electrons. The molecule has 0 saturated heterocycles. The molecule has 0 saturated carbocycles. The second-order valence-electron chi connectivity index (χ2n) is 4.15. The van der Waals surface area contributed by atoms with Crippen LogP contribution in [0.25, 0.3) is 0 Å². The van der Waals surface area contributed by atoms with Crippen LogP contribution in [0, 0.1) is 0 Å². The molecule has 2 aromatic rings. The Morgan fingerprint density at radius 2 is 2.17 bits per heavy atom. The number of para-hydroxylation sites is 1. The van der Waals surface area contributed by atoms with Gasteiger partial charge in [-0.15, -0.1) is 0 Å². The van der Waals surface area contributed by atoms with Crippen molar-refractivity contribution in [3.63, 3.8) is 0 Å². The minimum Gasteiger partial charge on any atom is -0.357 e. The number of fused-ring (bicyclic) bond motifs is 1. The van der Waals surface area contributed by atoms with Crippen LogP contribution < -0.4 is 10.2 Å². The molecule has 0 radical (unpaired) electrons. The van der Waals surface area contributed by atoms with Gasteiger partial charge in [0.15, 0.2) is 5.82 Å². The van der Waals surface area contributed by atoms with Gasteiger partial charge in [0, 0.05) is 19.3 Å². The monoisotopic (exact) mass is 260 g/mol. The first kappa shape index (κ1) is 11.3. The Balaban J connectivity index is 2.07. The van der Waals surface area contributed by atoms with Crippen molar-refractivity contribution in [2.75, 3.05) is 23.8 Å².